The lowest BCUT2D eigenvalue weighted by Gasteiger charge is -2.27. The molecule has 1 saturated heterocycles. The molecule has 0 bridgehead atoms. The van der Waals surface area contributed by atoms with Crippen molar-refractivity contribution >= 4 is 11.6 Å². The number of nitrogens with zero attached hydrogens (tertiary/aromatic N) is 3. The Balaban J connectivity index is 1.59. The van der Waals surface area contributed by atoms with Gasteiger partial charge in [0.05, 0.1) is 37.8 Å². The fourth-order valence-corrected chi connectivity index (χ4v) is 2.75. The van der Waals surface area contributed by atoms with Gasteiger partial charge in [0, 0.05) is 29.9 Å². The highest BCUT2D eigenvalue weighted by atomic mass is 35.5. The van der Waals surface area contributed by atoms with Crippen LogP contribution >= 0.6 is 11.6 Å². The Morgan fingerprint density at radius 2 is 2.32 bits per heavy atom. The van der Waals surface area contributed by atoms with Crippen LogP contribution in [0.2, 0.25) is 5.02 Å². The van der Waals surface area contributed by atoms with Crippen LogP contribution in [0.15, 0.2) is 36.7 Å². The van der Waals surface area contributed by atoms with Gasteiger partial charge in [0.25, 0.3) is 0 Å². The van der Waals surface area contributed by atoms with Crippen molar-refractivity contribution in [3.05, 3.63) is 47.2 Å². The lowest BCUT2D eigenvalue weighted by atomic mass is 10.3. The molecule has 1 aliphatic rings. The molecule has 118 valence electrons. The molecule has 0 aliphatic carbocycles. The number of ether oxygens (including phenoxy) is 2. The van der Waals surface area contributed by atoms with Gasteiger partial charge in [-0.2, -0.15) is 5.10 Å². The summed E-state index contributed by atoms with van der Waals surface area (Å²) >= 11 is 6.02. The first kappa shape index (κ1) is 15.5. The summed E-state index contributed by atoms with van der Waals surface area (Å²) in [5, 5.41) is 5.11. The Labute approximate surface area is 135 Å². The zero-order valence-corrected chi connectivity index (χ0v) is 13.4. The van der Waals surface area contributed by atoms with Gasteiger partial charge < -0.3 is 9.47 Å². The van der Waals surface area contributed by atoms with Crippen molar-refractivity contribution in [1.82, 2.24) is 14.7 Å². The van der Waals surface area contributed by atoms with E-state index in [0.29, 0.717) is 24.8 Å². The van der Waals surface area contributed by atoms with Gasteiger partial charge in [0.15, 0.2) is 0 Å². The summed E-state index contributed by atoms with van der Waals surface area (Å²) in [7, 11) is 2.08. The summed E-state index contributed by atoms with van der Waals surface area (Å²) in [5.41, 5.74) is 2.12. The summed E-state index contributed by atoms with van der Waals surface area (Å²) < 4.78 is 12.9. The van der Waals surface area contributed by atoms with Gasteiger partial charge in [-0.1, -0.05) is 17.7 Å². The normalized spacial score (nSPS) is 18.8. The molecule has 0 amide bonds. The van der Waals surface area contributed by atoms with Gasteiger partial charge in [-0.05, 0) is 25.2 Å². The molecule has 1 aromatic heterocycles. The molecule has 3 rings (SSSR count). The minimum atomic E-state index is 0.154. The van der Waals surface area contributed by atoms with E-state index in [4.69, 9.17) is 21.1 Å². The highest BCUT2D eigenvalue weighted by Crippen LogP contribution is 2.15. The zero-order chi connectivity index (χ0) is 15.4. The van der Waals surface area contributed by atoms with Crippen molar-refractivity contribution in [2.45, 2.75) is 12.6 Å². The van der Waals surface area contributed by atoms with Gasteiger partial charge in [-0.3, -0.25) is 4.90 Å². The number of hydrogen-bond acceptors (Lipinski definition) is 4. The predicted octanol–water partition coefficient (Wildman–Crippen LogP) is 2.37. The third-order valence-electron chi connectivity index (χ3n) is 3.56. The first-order valence-corrected chi connectivity index (χ1v) is 7.76. The van der Waals surface area contributed by atoms with Crippen LogP contribution < -0.4 is 0 Å². The van der Waals surface area contributed by atoms with E-state index < -0.39 is 0 Å². The van der Waals surface area contributed by atoms with Gasteiger partial charge >= 0.3 is 0 Å². The first-order valence-electron chi connectivity index (χ1n) is 7.38. The second kappa shape index (κ2) is 7.24. The Kier molecular flexibility index (Phi) is 5.10. The standard InChI is InChI=1S/C16H20ClN3O2/c1-19(11-16-12-21-5-6-22-16)9-13-8-18-20(10-13)15-4-2-3-14(17)7-15/h2-4,7-8,10,16H,5-6,9,11-12H2,1H3. The van der Waals surface area contributed by atoms with E-state index in [-0.39, 0.29) is 6.10 Å². The van der Waals surface area contributed by atoms with E-state index in [1.807, 2.05) is 41.3 Å². The molecule has 0 radical (unpaired) electrons. The van der Waals surface area contributed by atoms with Crippen LogP contribution in [0.5, 0.6) is 0 Å². The Bertz CT molecular complexity index is 611. The van der Waals surface area contributed by atoms with Crippen molar-refractivity contribution in [2.75, 3.05) is 33.4 Å². The molecule has 1 atom stereocenters. The van der Waals surface area contributed by atoms with Crippen molar-refractivity contribution in [3.63, 3.8) is 0 Å². The van der Waals surface area contributed by atoms with E-state index in [0.717, 1.165) is 24.3 Å². The lowest BCUT2D eigenvalue weighted by molar-refractivity contribution is -0.0962. The quantitative estimate of drug-likeness (QED) is 0.847. The zero-order valence-electron chi connectivity index (χ0n) is 12.6. The Morgan fingerprint density at radius 1 is 1.41 bits per heavy atom. The number of likely N-dealkylation sites (N-methyl/N-ethyl adjacent to an activating group) is 1. The minimum Gasteiger partial charge on any atom is -0.376 e. The largest absolute Gasteiger partial charge is 0.376 e. The molecule has 5 nitrogen and oxygen atoms in total. The number of benzene rings is 1. The smallest absolute Gasteiger partial charge is 0.0936 e. The third-order valence-corrected chi connectivity index (χ3v) is 3.80. The fraction of sp³-hybridized carbons (Fsp3) is 0.438. The van der Waals surface area contributed by atoms with E-state index in [2.05, 4.69) is 17.0 Å². The van der Waals surface area contributed by atoms with Crippen LogP contribution in [0, 0.1) is 0 Å². The fourth-order valence-electron chi connectivity index (χ4n) is 2.57. The summed E-state index contributed by atoms with van der Waals surface area (Å²) in [6.45, 7) is 3.73. The summed E-state index contributed by atoms with van der Waals surface area (Å²) in [6, 6.07) is 7.66. The first-order chi connectivity index (χ1) is 10.7. The number of aromatic nitrogens is 2. The lowest BCUT2D eigenvalue weighted by Crippen LogP contribution is -2.38. The molecule has 1 unspecified atom stereocenters. The molecular formula is C16H20ClN3O2. The monoisotopic (exact) mass is 321 g/mol. The molecule has 1 aliphatic heterocycles. The van der Waals surface area contributed by atoms with Crippen molar-refractivity contribution in [1.29, 1.82) is 0 Å². The average molecular weight is 322 g/mol. The second-order valence-electron chi connectivity index (χ2n) is 5.54. The van der Waals surface area contributed by atoms with Gasteiger partial charge in [-0.15, -0.1) is 0 Å². The maximum Gasteiger partial charge on any atom is 0.0936 e. The van der Waals surface area contributed by atoms with Crippen LogP contribution in [0.3, 0.4) is 0 Å². The highest BCUT2D eigenvalue weighted by Gasteiger charge is 2.16. The molecule has 2 aromatic rings. The summed E-state index contributed by atoms with van der Waals surface area (Å²) in [5.74, 6) is 0. The topological polar surface area (TPSA) is 39.5 Å². The molecule has 2 heterocycles. The van der Waals surface area contributed by atoms with Gasteiger partial charge in [0.1, 0.15) is 0 Å². The molecule has 1 aromatic carbocycles. The second-order valence-corrected chi connectivity index (χ2v) is 5.97. The Hall–Kier alpha value is -1.40. The molecule has 1 fully saturated rings. The van der Waals surface area contributed by atoms with Gasteiger partial charge in [-0.25, -0.2) is 4.68 Å². The molecule has 22 heavy (non-hydrogen) atoms. The molecule has 0 spiro atoms. The molecule has 0 saturated carbocycles. The minimum absolute atomic E-state index is 0.154. The van der Waals surface area contributed by atoms with E-state index in [9.17, 15) is 0 Å². The molecular weight excluding hydrogens is 302 g/mol. The average Bonchev–Trinajstić information content (AvgIpc) is 2.96. The SMILES string of the molecule is CN(Cc1cnn(-c2cccc(Cl)c2)c1)CC1COCCO1. The van der Waals surface area contributed by atoms with Crippen molar-refractivity contribution < 1.29 is 9.47 Å². The number of rotatable bonds is 5. The van der Waals surface area contributed by atoms with Crippen molar-refractivity contribution in [3.8, 4) is 5.69 Å². The van der Waals surface area contributed by atoms with Crippen LogP contribution in [0.4, 0.5) is 0 Å². The summed E-state index contributed by atoms with van der Waals surface area (Å²) in [6.07, 6.45) is 4.07. The van der Waals surface area contributed by atoms with Crippen LogP contribution in [-0.2, 0) is 16.0 Å². The molecule has 0 N–H and O–H groups in total. The van der Waals surface area contributed by atoms with Gasteiger partial charge in [0.2, 0.25) is 0 Å². The maximum atomic E-state index is 6.02. The number of hydrogen-bond donors (Lipinski definition) is 0. The van der Waals surface area contributed by atoms with Crippen LogP contribution in [0.1, 0.15) is 5.56 Å². The highest BCUT2D eigenvalue weighted by molar-refractivity contribution is 6.30. The number of halogens is 1. The van der Waals surface area contributed by atoms with Crippen LogP contribution in [-0.4, -0.2) is 54.2 Å². The predicted molar refractivity (Wildman–Crippen MR) is 85.5 cm³/mol. The summed E-state index contributed by atoms with van der Waals surface area (Å²) in [4.78, 5) is 2.22. The molecule has 6 heteroatoms. The van der Waals surface area contributed by atoms with E-state index in [1.165, 1.54) is 0 Å². The van der Waals surface area contributed by atoms with Crippen molar-refractivity contribution in [2.24, 2.45) is 0 Å². The maximum absolute atomic E-state index is 6.02. The third kappa shape index (κ3) is 4.08. The van der Waals surface area contributed by atoms with E-state index in [1.54, 1.807) is 0 Å². The Morgan fingerprint density at radius 3 is 3.09 bits per heavy atom. The van der Waals surface area contributed by atoms with Crippen LogP contribution in [0.25, 0.3) is 5.69 Å². The van der Waals surface area contributed by atoms with E-state index >= 15 is 0 Å².